The van der Waals surface area contributed by atoms with Crippen LogP contribution in [0, 0.1) is 0 Å². The summed E-state index contributed by atoms with van der Waals surface area (Å²) < 4.78 is 6.88. The molecule has 1 aliphatic rings. The van der Waals surface area contributed by atoms with Gasteiger partial charge in [-0.25, -0.2) is 0 Å². The summed E-state index contributed by atoms with van der Waals surface area (Å²) in [5.74, 6) is 1.67. The van der Waals surface area contributed by atoms with E-state index in [9.17, 15) is 0 Å². The van der Waals surface area contributed by atoms with Gasteiger partial charge in [-0.05, 0) is 81.4 Å². The van der Waals surface area contributed by atoms with Crippen molar-refractivity contribution >= 4 is 17.1 Å². The van der Waals surface area contributed by atoms with Crippen LogP contribution in [0.5, 0.6) is 11.5 Å². The lowest BCUT2D eigenvalue weighted by Crippen LogP contribution is -2.10. The van der Waals surface area contributed by atoms with Gasteiger partial charge in [0, 0.05) is 39.8 Å². The van der Waals surface area contributed by atoms with Crippen molar-refractivity contribution in [3.05, 3.63) is 200 Å². The third kappa shape index (κ3) is 5.43. The van der Waals surface area contributed by atoms with Gasteiger partial charge in [0.05, 0.1) is 0 Å². The molecular formula is C48H33NO. The molecule has 0 N–H and O–H groups in total. The number of anilines is 3. The van der Waals surface area contributed by atoms with Gasteiger partial charge >= 0.3 is 0 Å². The number of hydrogen-bond acceptors (Lipinski definition) is 2. The van der Waals surface area contributed by atoms with Crippen molar-refractivity contribution in [3.63, 3.8) is 0 Å². The average molecular weight is 640 g/mol. The maximum atomic E-state index is 6.88. The van der Waals surface area contributed by atoms with Gasteiger partial charge < -0.3 is 9.64 Å². The molecule has 0 unspecified atom stereocenters. The van der Waals surface area contributed by atoms with Gasteiger partial charge in [-0.3, -0.25) is 0 Å². The number of rotatable bonds is 6. The smallest absolute Gasteiger partial charge is 0.137 e. The van der Waals surface area contributed by atoms with Crippen molar-refractivity contribution < 1.29 is 4.74 Å². The van der Waals surface area contributed by atoms with Crippen molar-refractivity contribution in [1.29, 1.82) is 0 Å². The molecule has 0 fully saturated rings. The van der Waals surface area contributed by atoms with Gasteiger partial charge in [-0.1, -0.05) is 152 Å². The Kier molecular flexibility index (Phi) is 7.53. The van der Waals surface area contributed by atoms with E-state index in [2.05, 4.69) is 199 Å². The summed E-state index contributed by atoms with van der Waals surface area (Å²) in [5, 5.41) is 0. The van der Waals surface area contributed by atoms with E-state index < -0.39 is 0 Å². The highest BCUT2D eigenvalue weighted by atomic mass is 16.5. The lowest BCUT2D eigenvalue weighted by atomic mass is 9.87. The van der Waals surface area contributed by atoms with E-state index >= 15 is 0 Å². The number of hydrogen-bond donors (Lipinski definition) is 0. The largest absolute Gasteiger partial charge is 0.456 e. The quantitative estimate of drug-likeness (QED) is 0.179. The van der Waals surface area contributed by atoms with Gasteiger partial charge in [0.15, 0.2) is 0 Å². The molecule has 0 amide bonds. The van der Waals surface area contributed by atoms with Crippen LogP contribution in [0.25, 0.3) is 55.6 Å². The first-order valence-electron chi connectivity index (χ1n) is 17.0. The van der Waals surface area contributed by atoms with Gasteiger partial charge in [-0.2, -0.15) is 0 Å². The molecular weight excluding hydrogens is 607 g/mol. The zero-order valence-corrected chi connectivity index (χ0v) is 27.4. The predicted octanol–water partition coefficient (Wildman–Crippen LogP) is 13.6. The van der Waals surface area contributed by atoms with Crippen LogP contribution in [0.15, 0.2) is 200 Å². The van der Waals surface area contributed by atoms with E-state index in [1.54, 1.807) is 0 Å². The highest BCUT2D eigenvalue weighted by molar-refractivity contribution is 5.99. The normalized spacial score (nSPS) is 11.4. The summed E-state index contributed by atoms with van der Waals surface area (Å²) in [6.07, 6.45) is 0. The van der Waals surface area contributed by atoms with Crippen LogP contribution in [0.1, 0.15) is 0 Å². The molecule has 8 aromatic carbocycles. The Morgan fingerprint density at radius 2 is 0.800 bits per heavy atom. The van der Waals surface area contributed by atoms with Crippen LogP contribution in [0.4, 0.5) is 17.1 Å². The second-order valence-corrected chi connectivity index (χ2v) is 12.5. The molecule has 0 radical (unpaired) electrons. The molecule has 0 saturated heterocycles. The van der Waals surface area contributed by atoms with Crippen LogP contribution in [0.3, 0.4) is 0 Å². The van der Waals surface area contributed by atoms with E-state index in [4.69, 9.17) is 4.74 Å². The minimum absolute atomic E-state index is 0.823. The number of fused-ring (bicyclic) bond motifs is 5. The summed E-state index contributed by atoms with van der Waals surface area (Å²) >= 11 is 0. The average Bonchev–Trinajstić information content (AvgIpc) is 3.34. The van der Waals surface area contributed by atoms with Crippen molar-refractivity contribution in [2.75, 3.05) is 4.90 Å². The Hall–Kier alpha value is -6.64. The second kappa shape index (κ2) is 12.8. The van der Waals surface area contributed by atoms with Gasteiger partial charge in [0.2, 0.25) is 0 Å². The highest BCUT2D eigenvalue weighted by Gasteiger charge is 2.25. The Balaban J connectivity index is 1.22. The highest BCUT2D eigenvalue weighted by Crippen LogP contribution is 2.51. The summed E-state index contributed by atoms with van der Waals surface area (Å²) in [6.45, 7) is 0. The zero-order chi connectivity index (χ0) is 33.3. The topological polar surface area (TPSA) is 12.5 Å². The number of ether oxygens (including phenoxy) is 1. The molecule has 0 aromatic heterocycles. The fourth-order valence-corrected chi connectivity index (χ4v) is 7.10. The fourth-order valence-electron chi connectivity index (χ4n) is 7.10. The van der Waals surface area contributed by atoms with Crippen molar-refractivity contribution in [3.8, 4) is 67.1 Å². The minimum Gasteiger partial charge on any atom is -0.456 e. The second-order valence-electron chi connectivity index (χ2n) is 12.5. The molecule has 0 aliphatic carbocycles. The fraction of sp³-hybridized carbons (Fsp3) is 0. The lowest BCUT2D eigenvalue weighted by Gasteiger charge is -2.27. The molecule has 0 atom stereocenters. The molecule has 2 heteroatoms. The first-order valence-corrected chi connectivity index (χ1v) is 17.0. The molecule has 50 heavy (non-hydrogen) atoms. The summed E-state index contributed by atoms with van der Waals surface area (Å²) in [4.78, 5) is 2.32. The Morgan fingerprint density at radius 3 is 1.54 bits per heavy atom. The molecule has 2 nitrogen and oxygen atoms in total. The van der Waals surface area contributed by atoms with Crippen LogP contribution >= 0.6 is 0 Å². The molecule has 0 saturated carbocycles. The number of para-hydroxylation sites is 1. The van der Waals surface area contributed by atoms with Gasteiger partial charge in [0.1, 0.15) is 11.5 Å². The molecule has 9 rings (SSSR count). The maximum absolute atomic E-state index is 6.88. The third-order valence-corrected chi connectivity index (χ3v) is 9.48. The van der Waals surface area contributed by atoms with Crippen LogP contribution < -0.4 is 9.64 Å². The standard InChI is InChI=1S/C48H33NO/c1-4-14-34(15-5-1)36-26-28-39(29-27-36)49(40-21-12-20-38(32-40)35-16-6-2-7-17-35)41-30-31-43-44-24-13-23-42(37-18-8-3-9-19-37)48(44)45-22-10-11-25-46(45)50-47(43)33-41/h1-33H. The van der Waals surface area contributed by atoms with Crippen molar-refractivity contribution in [1.82, 2.24) is 0 Å². The molecule has 8 aromatic rings. The lowest BCUT2D eigenvalue weighted by molar-refractivity contribution is 0.488. The van der Waals surface area contributed by atoms with E-state index in [0.29, 0.717) is 0 Å². The zero-order valence-electron chi connectivity index (χ0n) is 27.4. The van der Waals surface area contributed by atoms with Crippen molar-refractivity contribution in [2.45, 2.75) is 0 Å². The molecule has 0 spiro atoms. The van der Waals surface area contributed by atoms with E-state index in [0.717, 1.165) is 50.8 Å². The van der Waals surface area contributed by atoms with E-state index in [1.807, 2.05) is 6.07 Å². The third-order valence-electron chi connectivity index (χ3n) is 9.48. The van der Waals surface area contributed by atoms with E-state index in [-0.39, 0.29) is 0 Å². The molecule has 1 heterocycles. The summed E-state index contributed by atoms with van der Waals surface area (Å²) in [6, 6.07) is 70.9. The number of nitrogens with zero attached hydrogens (tertiary/aromatic N) is 1. The Labute approximate surface area is 293 Å². The summed E-state index contributed by atoms with van der Waals surface area (Å²) in [7, 11) is 0. The first-order chi connectivity index (χ1) is 24.8. The van der Waals surface area contributed by atoms with Crippen LogP contribution in [0.2, 0.25) is 0 Å². The Morgan fingerprint density at radius 1 is 0.280 bits per heavy atom. The van der Waals surface area contributed by atoms with Crippen LogP contribution in [-0.4, -0.2) is 0 Å². The Bertz CT molecular complexity index is 2430. The monoisotopic (exact) mass is 639 g/mol. The van der Waals surface area contributed by atoms with Gasteiger partial charge in [-0.15, -0.1) is 0 Å². The van der Waals surface area contributed by atoms with Crippen LogP contribution in [-0.2, 0) is 0 Å². The first kappa shape index (κ1) is 29.5. The SMILES string of the molecule is c1ccc(-c2ccc(N(c3cccc(-c4ccccc4)c3)c3ccc4c(c3)Oc3ccccc3-c3c(-c5ccccc5)cccc3-4)cc2)cc1. The molecule has 1 aliphatic heterocycles. The van der Waals surface area contributed by atoms with E-state index in [1.165, 1.54) is 33.4 Å². The van der Waals surface area contributed by atoms with Gasteiger partial charge in [0.25, 0.3) is 0 Å². The molecule has 236 valence electrons. The maximum Gasteiger partial charge on any atom is 0.137 e. The summed E-state index contributed by atoms with van der Waals surface area (Å²) in [5.41, 5.74) is 14.7. The molecule has 0 bridgehead atoms. The minimum atomic E-state index is 0.823. The predicted molar refractivity (Wildman–Crippen MR) is 208 cm³/mol. The van der Waals surface area contributed by atoms with Crippen molar-refractivity contribution in [2.24, 2.45) is 0 Å². The number of benzene rings is 8.